The number of carbonyl (C=O) groups is 1. The lowest BCUT2D eigenvalue weighted by molar-refractivity contribution is -0.121. The zero-order valence-corrected chi connectivity index (χ0v) is 14.8. The number of hydrogen-bond acceptors (Lipinski definition) is 4. The number of rotatable bonds is 6. The third-order valence-electron chi connectivity index (χ3n) is 3.77. The van der Waals surface area contributed by atoms with Gasteiger partial charge in [0.15, 0.2) is 0 Å². The second-order valence-corrected chi connectivity index (χ2v) is 6.50. The van der Waals surface area contributed by atoms with E-state index in [1.165, 1.54) is 0 Å². The van der Waals surface area contributed by atoms with Gasteiger partial charge in [0.05, 0.1) is 7.11 Å². The first-order valence-corrected chi connectivity index (χ1v) is 8.47. The Morgan fingerprint density at radius 3 is 2.77 bits per heavy atom. The number of thioether (sulfide) groups is 1. The topological polar surface area (TPSA) is 50.4 Å². The molecule has 2 unspecified atom stereocenters. The van der Waals surface area contributed by atoms with Crippen molar-refractivity contribution in [2.24, 2.45) is 0 Å². The summed E-state index contributed by atoms with van der Waals surface area (Å²) in [6.07, 6.45) is 2.77. The molecule has 0 aromatic heterocycles. The van der Waals surface area contributed by atoms with Gasteiger partial charge >= 0.3 is 0 Å². The van der Waals surface area contributed by atoms with Gasteiger partial charge in [-0.15, -0.1) is 24.2 Å². The second-order valence-electron chi connectivity index (χ2n) is 5.33. The molecule has 1 aromatic rings. The third kappa shape index (κ3) is 6.07. The summed E-state index contributed by atoms with van der Waals surface area (Å²) < 4.78 is 5.13. The molecule has 2 atom stereocenters. The van der Waals surface area contributed by atoms with Gasteiger partial charge in [-0.1, -0.05) is 0 Å². The van der Waals surface area contributed by atoms with E-state index in [9.17, 15) is 4.79 Å². The lowest BCUT2D eigenvalue weighted by atomic mass is 10.00. The summed E-state index contributed by atoms with van der Waals surface area (Å²) in [4.78, 5) is 13.1. The first-order valence-electron chi connectivity index (χ1n) is 7.48. The maximum absolute atomic E-state index is 12.0. The molecular formula is C16H25ClN2O2S. The highest BCUT2D eigenvalue weighted by Gasteiger charge is 2.21. The van der Waals surface area contributed by atoms with Crippen LogP contribution in [0.2, 0.25) is 0 Å². The van der Waals surface area contributed by atoms with Crippen LogP contribution in [0.25, 0.3) is 0 Å². The summed E-state index contributed by atoms with van der Waals surface area (Å²) in [6.45, 7) is 3.19. The molecule has 2 rings (SSSR count). The van der Waals surface area contributed by atoms with Gasteiger partial charge in [-0.2, -0.15) is 0 Å². The molecule has 1 aromatic carbocycles. The molecule has 1 heterocycles. The average Bonchev–Trinajstić information content (AvgIpc) is 2.50. The normalized spacial score (nSPS) is 20.8. The fourth-order valence-corrected chi connectivity index (χ4v) is 3.31. The molecule has 1 fully saturated rings. The Morgan fingerprint density at radius 2 is 2.14 bits per heavy atom. The molecule has 6 heteroatoms. The van der Waals surface area contributed by atoms with Gasteiger partial charge in [-0.25, -0.2) is 0 Å². The van der Waals surface area contributed by atoms with Gasteiger partial charge in [0.25, 0.3) is 0 Å². The molecule has 0 radical (unpaired) electrons. The molecule has 1 aliphatic heterocycles. The summed E-state index contributed by atoms with van der Waals surface area (Å²) in [7, 11) is 1.66. The van der Waals surface area contributed by atoms with Gasteiger partial charge in [0, 0.05) is 29.2 Å². The quantitative estimate of drug-likeness (QED) is 0.779. The first-order chi connectivity index (χ1) is 10.2. The number of benzene rings is 1. The van der Waals surface area contributed by atoms with Crippen LogP contribution in [0, 0.1) is 0 Å². The van der Waals surface area contributed by atoms with Gasteiger partial charge < -0.3 is 15.4 Å². The number of methoxy groups -OCH3 is 1. The van der Waals surface area contributed by atoms with Crippen molar-refractivity contribution in [3.63, 3.8) is 0 Å². The number of amides is 1. The van der Waals surface area contributed by atoms with Crippen LogP contribution >= 0.6 is 24.2 Å². The van der Waals surface area contributed by atoms with E-state index >= 15 is 0 Å². The molecule has 22 heavy (non-hydrogen) atoms. The Morgan fingerprint density at radius 1 is 1.41 bits per heavy atom. The zero-order chi connectivity index (χ0) is 15.1. The molecule has 124 valence electrons. The van der Waals surface area contributed by atoms with E-state index in [-0.39, 0.29) is 24.4 Å². The van der Waals surface area contributed by atoms with Crippen molar-refractivity contribution in [3.05, 3.63) is 24.3 Å². The van der Waals surface area contributed by atoms with Crippen molar-refractivity contribution in [2.45, 2.75) is 43.2 Å². The Labute approximate surface area is 143 Å². The maximum Gasteiger partial charge on any atom is 0.221 e. The van der Waals surface area contributed by atoms with Crippen molar-refractivity contribution in [3.8, 4) is 5.75 Å². The minimum absolute atomic E-state index is 0. The highest BCUT2D eigenvalue weighted by molar-refractivity contribution is 7.99. The van der Waals surface area contributed by atoms with Crippen molar-refractivity contribution >= 4 is 30.1 Å². The van der Waals surface area contributed by atoms with Crippen molar-refractivity contribution in [2.75, 3.05) is 19.4 Å². The Balaban J connectivity index is 0.00000242. The first kappa shape index (κ1) is 19.1. The van der Waals surface area contributed by atoms with E-state index in [4.69, 9.17) is 4.74 Å². The number of hydrogen-bond donors (Lipinski definition) is 2. The fraction of sp³-hybridized carbons (Fsp3) is 0.562. The number of nitrogens with one attached hydrogen (secondary N) is 2. The van der Waals surface area contributed by atoms with Crippen LogP contribution in [0.1, 0.15) is 26.2 Å². The van der Waals surface area contributed by atoms with E-state index in [1.54, 1.807) is 18.9 Å². The van der Waals surface area contributed by atoms with Crippen molar-refractivity contribution in [1.82, 2.24) is 10.6 Å². The number of ether oxygens (including phenoxy) is 1. The molecule has 0 saturated carbocycles. The standard InChI is InChI=1S/C16H24N2O2S.ClH/c1-12-15(4-3-10-17-12)18-16(19)9-11-21-14-7-5-13(20-2)6-8-14;/h5-8,12,15,17H,3-4,9-11H2,1-2H3,(H,18,19);1H. The maximum atomic E-state index is 12.0. The van der Waals surface area contributed by atoms with Crippen LogP contribution in [0.3, 0.4) is 0 Å². The summed E-state index contributed by atoms with van der Waals surface area (Å²) in [5, 5.41) is 6.54. The molecular weight excluding hydrogens is 320 g/mol. The summed E-state index contributed by atoms with van der Waals surface area (Å²) in [5.41, 5.74) is 0. The van der Waals surface area contributed by atoms with E-state index in [1.807, 2.05) is 24.3 Å². The van der Waals surface area contributed by atoms with Crippen LogP contribution in [0.5, 0.6) is 5.75 Å². The molecule has 0 aliphatic carbocycles. The Kier molecular flexibility index (Phi) is 8.68. The van der Waals surface area contributed by atoms with Gasteiger partial charge in [-0.05, 0) is 50.6 Å². The molecule has 2 N–H and O–H groups in total. The minimum atomic E-state index is 0. The lowest BCUT2D eigenvalue weighted by Gasteiger charge is -2.30. The minimum Gasteiger partial charge on any atom is -0.497 e. The highest BCUT2D eigenvalue weighted by Crippen LogP contribution is 2.21. The molecule has 0 bridgehead atoms. The number of carbonyl (C=O) groups excluding carboxylic acids is 1. The van der Waals surface area contributed by atoms with Crippen LogP contribution in [0.4, 0.5) is 0 Å². The smallest absolute Gasteiger partial charge is 0.221 e. The van der Waals surface area contributed by atoms with Crippen molar-refractivity contribution < 1.29 is 9.53 Å². The van der Waals surface area contributed by atoms with Gasteiger partial charge in [-0.3, -0.25) is 4.79 Å². The Bertz CT molecular complexity index is 456. The lowest BCUT2D eigenvalue weighted by Crippen LogP contribution is -2.51. The van der Waals surface area contributed by atoms with E-state index in [0.29, 0.717) is 12.5 Å². The highest BCUT2D eigenvalue weighted by atomic mass is 35.5. The van der Waals surface area contributed by atoms with E-state index < -0.39 is 0 Å². The average molecular weight is 345 g/mol. The van der Waals surface area contributed by atoms with E-state index in [2.05, 4.69) is 17.6 Å². The van der Waals surface area contributed by atoms with Crippen LogP contribution in [0.15, 0.2) is 29.2 Å². The van der Waals surface area contributed by atoms with Gasteiger partial charge in [0.1, 0.15) is 5.75 Å². The Hall–Kier alpha value is -0.910. The SMILES string of the molecule is COc1ccc(SCCC(=O)NC2CCCNC2C)cc1.Cl. The molecule has 1 aliphatic rings. The second kappa shape index (κ2) is 9.98. The molecule has 1 amide bonds. The monoisotopic (exact) mass is 344 g/mol. The zero-order valence-electron chi connectivity index (χ0n) is 13.1. The fourth-order valence-electron chi connectivity index (χ4n) is 2.45. The predicted molar refractivity (Wildman–Crippen MR) is 94.2 cm³/mol. The third-order valence-corrected chi connectivity index (χ3v) is 4.78. The summed E-state index contributed by atoms with van der Waals surface area (Å²) >= 11 is 1.70. The van der Waals surface area contributed by atoms with Crippen LogP contribution < -0.4 is 15.4 Å². The van der Waals surface area contributed by atoms with Crippen LogP contribution in [-0.4, -0.2) is 37.4 Å². The molecule has 4 nitrogen and oxygen atoms in total. The number of piperidine rings is 1. The largest absolute Gasteiger partial charge is 0.497 e. The molecule has 0 spiro atoms. The van der Waals surface area contributed by atoms with E-state index in [0.717, 1.165) is 35.8 Å². The van der Waals surface area contributed by atoms with Gasteiger partial charge in [0.2, 0.25) is 5.91 Å². The summed E-state index contributed by atoms with van der Waals surface area (Å²) in [5.74, 6) is 1.81. The summed E-state index contributed by atoms with van der Waals surface area (Å²) in [6, 6.07) is 8.58. The predicted octanol–water partition coefficient (Wildman–Crippen LogP) is 2.86. The molecule has 1 saturated heterocycles. The van der Waals surface area contributed by atoms with Crippen molar-refractivity contribution in [1.29, 1.82) is 0 Å². The van der Waals surface area contributed by atoms with Crippen LogP contribution in [-0.2, 0) is 4.79 Å². The number of halogens is 1.